The van der Waals surface area contributed by atoms with E-state index in [0.717, 1.165) is 5.56 Å². The molecule has 0 bridgehead atoms. The second kappa shape index (κ2) is 8.63. The van der Waals surface area contributed by atoms with Crippen molar-refractivity contribution in [2.45, 2.75) is 32.5 Å². The van der Waals surface area contributed by atoms with E-state index in [0.29, 0.717) is 0 Å². The summed E-state index contributed by atoms with van der Waals surface area (Å²) in [5.74, 6) is -1.33. The Bertz CT molecular complexity index is 520. The normalized spacial score (nSPS) is 12.7. The average Bonchev–Trinajstić information content (AvgIpc) is 2.52. The summed E-state index contributed by atoms with van der Waals surface area (Å²) in [5.41, 5.74) is 2.24. The Kier molecular flexibility index (Phi) is 6.84. The van der Waals surface area contributed by atoms with Crippen molar-refractivity contribution in [3.8, 4) is 0 Å². The quantitative estimate of drug-likeness (QED) is 0.446. The Morgan fingerprint density at radius 2 is 1.64 bits per heavy atom. The molecule has 4 N–H and O–H groups in total. The van der Waals surface area contributed by atoms with Gasteiger partial charge in [0.15, 0.2) is 0 Å². The van der Waals surface area contributed by atoms with Crippen LogP contribution in [0.2, 0.25) is 0 Å². The molecule has 0 aliphatic carbocycles. The van der Waals surface area contributed by atoms with Crippen LogP contribution in [0.4, 0.5) is 4.79 Å². The standard InChI is InChI=1S/C14H19N3O5/c1-9(12(18)15-10(2)13(19)17-21)16-14(20)22-8-11-6-4-3-5-7-11/h3-7,9-10,21H,8H2,1-2H3,(H,15,18)(H,16,20)(H,17,19)/t9-,10-/m0/s1. The number of hydrogen-bond donors (Lipinski definition) is 4. The lowest BCUT2D eigenvalue weighted by atomic mass is 10.2. The van der Waals surface area contributed by atoms with Crippen molar-refractivity contribution < 1.29 is 24.3 Å². The van der Waals surface area contributed by atoms with Crippen molar-refractivity contribution in [3.63, 3.8) is 0 Å². The van der Waals surface area contributed by atoms with Crippen LogP contribution < -0.4 is 16.1 Å². The average molecular weight is 309 g/mol. The third-order valence-electron chi connectivity index (χ3n) is 2.80. The number of benzene rings is 1. The summed E-state index contributed by atoms with van der Waals surface area (Å²) in [7, 11) is 0. The van der Waals surface area contributed by atoms with Crippen molar-refractivity contribution >= 4 is 17.9 Å². The molecule has 0 spiro atoms. The van der Waals surface area contributed by atoms with Gasteiger partial charge in [0.25, 0.3) is 5.91 Å². The van der Waals surface area contributed by atoms with E-state index in [1.165, 1.54) is 19.3 Å². The summed E-state index contributed by atoms with van der Waals surface area (Å²) >= 11 is 0. The molecule has 1 aromatic rings. The van der Waals surface area contributed by atoms with Crippen LogP contribution in [0.3, 0.4) is 0 Å². The molecule has 120 valence electrons. The number of hydroxylamine groups is 1. The molecule has 8 heteroatoms. The molecule has 1 rings (SSSR count). The van der Waals surface area contributed by atoms with Gasteiger partial charge >= 0.3 is 6.09 Å². The van der Waals surface area contributed by atoms with Gasteiger partial charge in [-0.2, -0.15) is 0 Å². The minimum absolute atomic E-state index is 0.0876. The molecule has 3 amide bonds. The van der Waals surface area contributed by atoms with Gasteiger partial charge in [0.2, 0.25) is 5.91 Å². The number of amides is 3. The molecule has 8 nitrogen and oxygen atoms in total. The van der Waals surface area contributed by atoms with E-state index in [-0.39, 0.29) is 6.61 Å². The summed E-state index contributed by atoms with van der Waals surface area (Å²) in [6.07, 6.45) is -0.745. The predicted octanol–water partition coefficient (Wildman–Crippen LogP) is 0.311. The molecular formula is C14H19N3O5. The highest BCUT2D eigenvalue weighted by Crippen LogP contribution is 2.00. The van der Waals surface area contributed by atoms with Gasteiger partial charge in [-0.25, -0.2) is 10.3 Å². The minimum Gasteiger partial charge on any atom is -0.445 e. The van der Waals surface area contributed by atoms with Crippen molar-refractivity contribution in [2.75, 3.05) is 0 Å². The molecule has 1 aromatic carbocycles. The lowest BCUT2D eigenvalue weighted by Crippen LogP contribution is -2.51. The van der Waals surface area contributed by atoms with Gasteiger partial charge in [0.05, 0.1) is 0 Å². The van der Waals surface area contributed by atoms with E-state index in [9.17, 15) is 14.4 Å². The number of carbonyl (C=O) groups excluding carboxylic acids is 3. The maximum atomic E-state index is 11.7. The first-order valence-electron chi connectivity index (χ1n) is 6.65. The summed E-state index contributed by atoms with van der Waals surface area (Å²) < 4.78 is 4.97. The minimum atomic E-state index is -0.929. The highest BCUT2D eigenvalue weighted by Gasteiger charge is 2.21. The predicted molar refractivity (Wildman–Crippen MR) is 76.8 cm³/mol. The van der Waals surface area contributed by atoms with E-state index in [4.69, 9.17) is 9.94 Å². The molecule has 0 aromatic heterocycles. The highest BCUT2D eigenvalue weighted by molar-refractivity contribution is 5.90. The van der Waals surface area contributed by atoms with Crippen molar-refractivity contribution in [1.29, 1.82) is 0 Å². The van der Waals surface area contributed by atoms with Gasteiger partial charge in [0, 0.05) is 0 Å². The molecule has 0 saturated heterocycles. The maximum absolute atomic E-state index is 11.7. The molecule has 0 heterocycles. The number of hydrogen-bond acceptors (Lipinski definition) is 5. The SMILES string of the molecule is C[C@H](NC(=O)OCc1ccccc1)C(=O)N[C@@H](C)C(=O)NO. The van der Waals surface area contributed by atoms with Crippen molar-refractivity contribution in [1.82, 2.24) is 16.1 Å². The van der Waals surface area contributed by atoms with Gasteiger partial charge in [0.1, 0.15) is 18.7 Å². The zero-order valence-electron chi connectivity index (χ0n) is 12.3. The second-order valence-corrected chi connectivity index (χ2v) is 4.63. The molecule has 0 unspecified atom stereocenters. The molecule has 0 aliphatic heterocycles. The van der Waals surface area contributed by atoms with E-state index in [1.807, 2.05) is 18.2 Å². The Hall–Kier alpha value is -2.61. The molecule has 0 aliphatic rings. The van der Waals surface area contributed by atoms with Gasteiger partial charge in [-0.05, 0) is 19.4 Å². The molecular weight excluding hydrogens is 290 g/mol. The van der Waals surface area contributed by atoms with Crippen LogP contribution >= 0.6 is 0 Å². The lowest BCUT2D eigenvalue weighted by molar-refractivity contribution is -0.134. The Balaban J connectivity index is 2.37. The van der Waals surface area contributed by atoms with E-state index < -0.39 is 30.0 Å². The third kappa shape index (κ3) is 5.80. The van der Waals surface area contributed by atoms with Gasteiger partial charge in [-0.1, -0.05) is 30.3 Å². The van der Waals surface area contributed by atoms with Crippen molar-refractivity contribution in [3.05, 3.63) is 35.9 Å². The zero-order chi connectivity index (χ0) is 16.5. The fraction of sp³-hybridized carbons (Fsp3) is 0.357. The number of carbonyl (C=O) groups is 3. The Labute approximate surface area is 127 Å². The smallest absolute Gasteiger partial charge is 0.408 e. The molecule has 0 fully saturated rings. The first kappa shape index (κ1) is 17.4. The van der Waals surface area contributed by atoms with Crippen LogP contribution in [0.15, 0.2) is 30.3 Å². The van der Waals surface area contributed by atoms with Crippen LogP contribution in [-0.2, 0) is 20.9 Å². The third-order valence-corrected chi connectivity index (χ3v) is 2.80. The van der Waals surface area contributed by atoms with Gasteiger partial charge in [-0.3, -0.25) is 14.8 Å². The summed E-state index contributed by atoms with van der Waals surface area (Å²) in [6, 6.07) is 7.27. The topological polar surface area (TPSA) is 117 Å². The first-order chi connectivity index (χ1) is 10.4. The van der Waals surface area contributed by atoms with Crippen LogP contribution in [0, 0.1) is 0 Å². The van der Waals surface area contributed by atoms with E-state index in [1.54, 1.807) is 12.1 Å². The van der Waals surface area contributed by atoms with Crippen molar-refractivity contribution in [2.24, 2.45) is 0 Å². The molecule has 0 saturated carbocycles. The zero-order valence-corrected chi connectivity index (χ0v) is 12.3. The lowest BCUT2D eigenvalue weighted by Gasteiger charge is -2.17. The van der Waals surface area contributed by atoms with Crippen LogP contribution in [-0.4, -0.2) is 35.2 Å². The van der Waals surface area contributed by atoms with Crippen LogP contribution in [0.5, 0.6) is 0 Å². The molecule has 2 atom stereocenters. The van der Waals surface area contributed by atoms with Crippen LogP contribution in [0.1, 0.15) is 19.4 Å². The molecule has 22 heavy (non-hydrogen) atoms. The van der Waals surface area contributed by atoms with Crippen LogP contribution in [0.25, 0.3) is 0 Å². The Morgan fingerprint density at radius 3 is 2.23 bits per heavy atom. The summed E-state index contributed by atoms with van der Waals surface area (Å²) in [5, 5.41) is 13.1. The second-order valence-electron chi connectivity index (χ2n) is 4.63. The Morgan fingerprint density at radius 1 is 1.05 bits per heavy atom. The number of rotatable bonds is 6. The van der Waals surface area contributed by atoms with Gasteiger partial charge in [-0.15, -0.1) is 0 Å². The monoisotopic (exact) mass is 309 g/mol. The maximum Gasteiger partial charge on any atom is 0.408 e. The largest absolute Gasteiger partial charge is 0.445 e. The first-order valence-corrected chi connectivity index (χ1v) is 6.65. The van der Waals surface area contributed by atoms with E-state index >= 15 is 0 Å². The highest BCUT2D eigenvalue weighted by atomic mass is 16.5. The van der Waals surface area contributed by atoms with Gasteiger partial charge < -0.3 is 15.4 Å². The number of nitrogens with one attached hydrogen (secondary N) is 3. The summed E-state index contributed by atoms with van der Waals surface area (Å²) in [4.78, 5) is 34.4. The fourth-order valence-corrected chi connectivity index (χ4v) is 1.51. The summed E-state index contributed by atoms with van der Waals surface area (Å²) in [6.45, 7) is 2.93. The van der Waals surface area contributed by atoms with E-state index in [2.05, 4.69) is 10.6 Å². The fourth-order valence-electron chi connectivity index (χ4n) is 1.51. The number of alkyl carbamates (subject to hydrolysis) is 1. The number of ether oxygens (including phenoxy) is 1. The molecule has 0 radical (unpaired) electrons.